The standard InChI is InChI=1S/C21H16N4O/c1-2-4-18-17(3-1)20-21(26-18)19(24-25-20)15-7-5-14(6-8-15)13-23-16-9-11-22-12-10-16/h1-12H,13H2,(H,22,23)(H,24,25). The van der Waals surface area contributed by atoms with Gasteiger partial charge in [0.15, 0.2) is 5.58 Å². The smallest absolute Gasteiger partial charge is 0.181 e. The molecular weight excluding hydrogens is 324 g/mol. The van der Waals surface area contributed by atoms with Crippen LogP contribution in [0.2, 0.25) is 0 Å². The molecule has 0 spiro atoms. The molecule has 5 aromatic rings. The predicted octanol–water partition coefficient (Wildman–Crippen LogP) is 4.98. The van der Waals surface area contributed by atoms with Crippen molar-refractivity contribution in [1.82, 2.24) is 15.2 Å². The molecule has 0 radical (unpaired) electrons. The Labute approximate surface area is 149 Å². The summed E-state index contributed by atoms with van der Waals surface area (Å²) in [6.07, 6.45) is 3.56. The fourth-order valence-electron chi connectivity index (χ4n) is 3.14. The molecule has 3 aromatic heterocycles. The number of aromatic amines is 1. The topological polar surface area (TPSA) is 66.7 Å². The van der Waals surface area contributed by atoms with Gasteiger partial charge in [0.25, 0.3) is 0 Å². The van der Waals surface area contributed by atoms with Gasteiger partial charge in [-0.3, -0.25) is 10.1 Å². The number of furan rings is 1. The van der Waals surface area contributed by atoms with E-state index in [4.69, 9.17) is 4.42 Å². The molecule has 0 saturated carbocycles. The van der Waals surface area contributed by atoms with Crippen molar-refractivity contribution >= 4 is 27.8 Å². The highest BCUT2D eigenvalue weighted by Gasteiger charge is 2.15. The normalized spacial score (nSPS) is 11.2. The van der Waals surface area contributed by atoms with Crippen LogP contribution in [-0.2, 0) is 6.54 Å². The first-order chi connectivity index (χ1) is 12.9. The van der Waals surface area contributed by atoms with Crippen LogP contribution in [0.3, 0.4) is 0 Å². The highest BCUT2D eigenvalue weighted by molar-refractivity contribution is 6.06. The maximum atomic E-state index is 6.00. The molecule has 2 aromatic carbocycles. The van der Waals surface area contributed by atoms with Crippen LogP contribution in [0.5, 0.6) is 0 Å². The van der Waals surface area contributed by atoms with Crippen LogP contribution in [0.15, 0.2) is 77.5 Å². The van der Waals surface area contributed by atoms with E-state index in [9.17, 15) is 0 Å². The van der Waals surface area contributed by atoms with Crippen molar-refractivity contribution in [3.63, 3.8) is 0 Å². The summed E-state index contributed by atoms with van der Waals surface area (Å²) in [7, 11) is 0. The third kappa shape index (κ3) is 2.50. The van der Waals surface area contributed by atoms with Gasteiger partial charge in [-0.25, -0.2) is 0 Å². The highest BCUT2D eigenvalue weighted by Crippen LogP contribution is 2.33. The monoisotopic (exact) mass is 340 g/mol. The zero-order valence-corrected chi connectivity index (χ0v) is 13.9. The molecule has 5 rings (SSSR count). The van der Waals surface area contributed by atoms with E-state index < -0.39 is 0 Å². The summed E-state index contributed by atoms with van der Waals surface area (Å²) in [5.74, 6) is 0. The molecule has 0 atom stereocenters. The number of para-hydroxylation sites is 1. The van der Waals surface area contributed by atoms with Crippen LogP contribution < -0.4 is 5.32 Å². The average Bonchev–Trinajstić information content (AvgIpc) is 3.27. The number of rotatable bonds is 4. The summed E-state index contributed by atoms with van der Waals surface area (Å²) in [4.78, 5) is 4.02. The van der Waals surface area contributed by atoms with E-state index in [2.05, 4.69) is 44.8 Å². The molecule has 0 fully saturated rings. The Morgan fingerprint density at radius 1 is 0.923 bits per heavy atom. The van der Waals surface area contributed by atoms with Crippen molar-refractivity contribution in [1.29, 1.82) is 0 Å². The van der Waals surface area contributed by atoms with Crippen LogP contribution in [0.1, 0.15) is 5.56 Å². The molecule has 2 N–H and O–H groups in total. The molecule has 0 bridgehead atoms. The highest BCUT2D eigenvalue weighted by atomic mass is 16.3. The van der Waals surface area contributed by atoms with Crippen LogP contribution in [0, 0.1) is 0 Å². The number of hydrogen-bond donors (Lipinski definition) is 2. The number of nitrogens with zero attached hydrogens (tertiary/aromatic N) is 2. The van der Waals surface area contributed by atoms with Gasteiger partial charge in [-0.05, 0) is 29.8 Å². The molecule has 0 saturated heterocycles. The number of pyridine rings is 1. The van der Waals surface area contributed by atoms with Crippen LogP contribution in [0.4, 0.5) is 5.69 Å². The summed E-state index contributed by atoms with van der Waals surface area (Å²) in [6, 6.07) is 20.3. The quantitative estimate of drug-likeness (QED) is 0.484. The summed E-state index contributed by atoms with van der Waals surface area (Å²) in [5.41, 5.74) is 6.73. The van der Waals surface area contributed by atoms with Gasteiger partial charge in [0, 0.05) is 35.6 Å². The van der Waals surface area contributed by atoms with Crippen molar-refractivity contribution in [2.45, 2.75) is 6.54 Å². The number of hydrogen-bond acceptors (Lipinski definition) is 4. The predicted molar refractivity (Wildman–Crippen MR) is 103 cm³/mol. The second-order valence-electron chi connectivity index (χ2n) is 6.16. The first-order valence-corrected chi connectivity index (χ1v) is 8.47. The van der Waals surface area contributed by atoms with Gasteiger partial charge >= 0.3 is 0 Å². The fourth-order valence-corrected chi connectivity index (χ4v) is 3.14. The van der Waals surface area contributed by atoms with Crippen molar-refractivity contribution in [3.8, 4) is 11.3 Å². The van der Waals surface area contributed by atoms with Gasteiger partial charge in [0.05, 0.1) is 0 Å². The SMILES string of the molecule is c1ccc2c(c1)oc1c(-c3ccc(CNc4ccncc4)cc3)n[nH]c12. The number of benzene rings is 2. The maximum absolute atomic E-state index is 6.00. The minimum Gasteiger partial charge on any atom is -0.452 e. The third-order valence-electron chi connectivity index (χ3n) is 4.49. The van der Waals surface area contributed by atoms with E-state index in [1.807, 2.05) is 36.4 Å². The number of aromatic nitrogens is 3. The lowest BCUT2D eigenvalue weighted by Crippen LogP contribution is -1.99. The number of anilines is 1. The van der Waals surface area contributed by atoms with Crippen LogP contribution >= 0.6 is 0 Å². The second kappa shape index (κ2) is 6.04. The average molecular weight is 340 g/mol. The summed E-state index contributed by atoms with van der Waals surface area (Å²) >= 11 is 0. The minimum atomic E-state index is 0.755. The Kier molecular flexibility index (Phi) is 3.42. The molecule has 0 aliphatic carbocycles. The zero-order valence-electron chi connectivity index (χ0n) is 13.9. The van der Waals surface area contributed by atoms with Gasteiger partial charge in [-0.15, -0.1) is 0 Å². The lowest BCUT2D eigenvalue weighted by Gasteiger charge is -2.06. The fraction of sp³-hybridized carbons (Fsp3) is 0.0476. The number of H-pyrrole nitrogens is 1. The van der Waals surface area contributed by atoms with Gasteiger partial charge in [0.2, 0.25) is 0 Å². The summed E-state index contributed by atoms with van der Waals surface area (Å²) in [5, 5.41) is 12.0. The van der Waals surface area contributed by atoms with E-state index in [0.29, 0.717) is 0 Å². The minimum absolute atomic E-state index is 0.755. The first kappa shape index (κ1) is 14.7. The molecule has 0 aliphatic heterocycles. The third-order valence-corrected chi connectivity index (χ3v) is 4.49. The molecule has 26 heavy (non-hydrogen) atoms. The second-order valence-corrected chi connectivity index (χ2v) is 6.16. The number of fused-ring (bicyclic) bond motifs is 3. The van der Waals surface area contributed by atoms with Crippen molar-refractivity contribution in [2.24, 2.45) is 0 Å². The van der Waals surface area contributed by atoms with E-state index in [-0.39, 0.29) is 0 Å². The molecule has 3 heterocycles. The van der Waals surface area contributed by atoms with Crippen LogP contribution in [0.25, 0.3) is 33.3 Å². The summed E-state index contributed by atoms with van der Waals surface area (Å²) < 4.78 is 6.00. The lowest BCUT2D eigenvalue weighted by molar-refractivity contribution is 0.670. The Morgan fingerprint density at radius 3 is 2.58 bits per heavy atom. The van der Waals surface area contributed by atoms with Gasteiger partial charge in [-0.1, -0.05) is 36.4 Å². The molecular formula is C21H16N4O. The molecule has 5 nitrogen and oxygen atoms in total. The Morgan fingerprint density at radius 2 is 1.73 bits per heavy atom. The number of nitrogens with one attached hydrogen (secondary N) is 2. The molecule has 5 heteroatoms. The lowest BCUT2D eigenvalue weighted by atomic mass is 10.1. The van der Waals surface area contributed by atoms with E-state index in [0.717, 1.165) is 45.6 Å². The van der Waals surface area contributed by atoms with E-state index in [1.54, 1.807) is 12.4 Å². The zero-order chi connectivity index (χ0) is 17.3. The maximum Gasteiger partial charge on any atom is 0.181 e. The van der Waals surface area contributed by atoms with Crippen molar-refractivity contribution < 1.29 is 4.42 Å². The van der Waals surface area contributed by atoms with Crippen molar-refractivity contribution in [2.75, 3.05) is 5.32 Å². The first-order valence-electron chi connectivity index (χ1n) is 8.47. The van der Waals surface area contributed by atoms with Gasteiger partial charge in [-0.2, -0.15) is 5.10 Å². The molecule has 0 unspecified atom stereocenters. The summed E-state index contributed by atoms with van der Waals surface area (Å²) in [6.45, 7) is 0.755. The largest absolute Gasteiger partial charge is 0.452 e. The van der Waals surface area contributed by atoms with E-state index >= 15 is 0 Å². The molecule has 0 aliphatic rings. The molecule has 0 amide bonds. The Balaban J connectivity index is 1.43. The van der Waals surface area contributed by atoms with Gasteiger partial charge in [0.1, 0.15) is 16.8 Å². The Bertz CT molecular complexity index is 1170. The van der Waals surface area contributed by atoms with E-state index in [1.165, 1.54) is 5.56 Å². The Hall–Kier alpha value is -3.60. The van der Waals surface area contributed by atoms with Gasteiger partial charge < -0.3 is 9.73 Å². The molecule has 126 valence electrons. The van der Waals surface area contributed by atoms with Crippen molar-refractivity contribution in [3.05, 3.63) is 78.6 Å². The van der Waals surface area contributed by atoms with Crippen LogP contribution in [-0.4, -0.2) is 15.2 Å².